The third-order valence-corrected chi connectivity index (χ3v) is 6.59. The zero-order chi connectivity index (χ0) is 18.8. The molecule has 10 nitrogen and oxygen atoms in total. The average molecular weight is 430 g/mol. The first-order chi connectivity index (χ1) is 12.4. The minimum absolute atomic E-state index is 0.0404. The summed E-state index contributed by atoms with van der Waals surface area (Å²) in [5.41, 5.74) is 12.4. The van der Waals surface area contributed by atoms with Gasteiger partial charge in [-0.05, 0) is 0 Å². The van der Waals surface area contributed by atoms with E-state index >= 15 is 0 Å². The van der Waals surface area contributed by atoms with E-state index in [1.54, 1.807) is 16.8 Å². The summed E-state index contributed by atoms with van der Waals surface area (Å²) < 4.78 is 7.50. The molecule has 1 aliphatic heterocycles. The third-order valence-electron chi connectivity index (χ3n) is 4.30. The van der Waals surface area contributed by atoms with Crippen molar-refractivity contribution in [3.8, 4) is 0 Å². The fourth-order valence-electron chi connectivity index (χ4n) is 2.81. The fraction of sp³-hybridized carbons (Fsp3) is 0.533. The van der Waals surface area contributed by atoms with Crippen molar-refractivity contribution in [1.82, 2.24) is 14.5 Å². The number of aliphatic hydroxyl groups is 2. The summed E-state index contributed by atoms with van der Waals surface area (Å²) in [6.07, 6.45) is -0.0346. The zero-order valence-electron chi connectivity index (χ0n) is 13.8. The number of fused-ring (bicyclic) bond motifs is 1. The molecule has 7 N–H and O–H groups in total. The summed E-state index contributed by atoms with van der Waals surface area (Å²) >= 11 is 0.0404. The van der Waals surface area contributed by atoms with Crippen molar-refractivity contribution in [2.24, 2.45) is 5.73 Å². The van der Waals surface area contributed by atoms with Crippen LogP contribution in [0.1, 0.15) is 12.6 Å². The number of nitrogens with zero attached hydrogens (tertiary/aromatic N) is 3. The zero-order valence-corrected chi connectivity index (χ0v) is 15.5. The normalized spacial score (nSPS) is 27.0. The standard InChI is InChI=1S/C15H21N5O5Se/c16-7(15(23)24)2-4-26-5-9-11(21)12(22)14(25-9)20-6-19-10-8(20)1-3-18-13(10)17/h1,3,6-7,9,11-12,14,21-22H,2,4-5,16H2,(H2,17,18)(H,23,24)/t7?,9-,11-,12-,14-/m1/s1. The number of pyridine rings is 1. The minimum atomic E-state index is -1.11. The number of carboxylic acids is 1. The van der Waals surface area contributed by atoms with E-state index in [2.05, 4.69) is 9.97 Å². The SMILES string of the molecule is Nc1nccc2c1ncn2[C@@H]1O[C@H](C[Se]CCC(N)C(=O)O)[C@@H](O)[C@H]1O. The summed E-state index contributed by atoms with van der Waals surface area (Å²) in [5.74, 6) is -0.738. The number of carbonyl (C=O) groups is 1. The van der Waals surface area contributed by atoms with Gasteiger partial charge in [0, 0.05) is 0 Å². The number of aromatic nitrogens is 3. The second-order valence-corrected chi connectivity index (χ2v) is 8.48. The number of carboxylic acid groups (broad SMARTS) is 1. The molecule has 3 rings (SSSR count). The van der Waals surface area contributed by atoms with Crippen molar-refractivity contribution in [1.29, 1.82) is 0 Å². The number of nitrogens with two attached hydrogens (primary N) is 2. The average Bonchev–Trinajstić information content (AvgIpc) is 3.15. The Morgan fingerprint density at radius 3 is 2.88 bits per heavy atom. The van der Waals surface area contributed by atoms with Crippen LogP contribution in [-0.2, 0) is 9.53 Å². The first-order valence-electron chi connectivity index (χ1n) is 8.05. The Kier molecular flexibility index (Phi) is 5.76. The molecular formula is C15H21N5O5Se. The third kappa shape index (κ3) is 3.68. The summed E-state index contributed by atoms with van der Waals surface area (Å²) in [6.45, 7) is 0. The van der Waals surface area contributed by atoms with E-state index in [-0.39, 0.29) is 20.8 Å². The van der Waals surface area contributed by atoms with Crippen LogP contribution in [-0.4, -0.2) is 75.1 Å². The Morgan fingerprint density at radius 2 is 2.15 bits per heavy atom. The van der Waals surface area contributed by atoms with Crippen LogP contribution in [0.25, 0.3) is 11.0 Å². The van der Waals surface area contributed by atoms with Crippen LogP contribution < -0.4 is 11.5 Å². The number of imidazole rings is 1. The Morgan fingerprint density at radius 1 is 1.38 bits per heavy atom. The van der Waals surface area contributed by atoms with Gasteiger partial charge in [-0.2, -0.15) is 0 Å². The fourth-order valence-corrected chi connectivity index (χ4v) is 5.11. The predicted molar refractivity (Wildman–Crippen MR) is 93.5 cm³/mol. The van der Waals surface area contributed by atoms with Crippen LogP contribution in [0, 0.1) is 0 Å². The first-order valence-corrected chi connectivity index (χ1v) is 10.5. The van der Waals surface area contributed by atoms with E-state index in [4.69, 9.17) is 21.3 Å². The topological polar surface area (TPSA) is 170 Å². The Bertz CT molecular complexity index is 787. The van der Waals surface area contributed by atoms with Crippen molar-refractivity contribution in [2.45, 2.75) is 47.6 Å². The van der Waals surface area contributed by atoms with Gasteiger partial charge in [0.2, 0.25) is 0 Å². The number of nitrogen functional groups attached to an aromatic ring is 1. The van der Waals surface area contributed by atoms with E-state index in [0.29, 0.717) is 28.1 Å². The predicted octanol–water partition coefficient (Wildman–Crippen LogP) is -1.02. The summed E-state index contributed by atoms with van der Waals surface area (Å²) in [6, 6.07) is 0.840. The molecule has 11 heteroatoms. The van der Waals surface area contributed by atoms with Gasteiger partial charge in [-0.3, -0.25) is 0 Å². The monoisotopic (exact) mass is 431 g/mol. The van der Waals surface area contributed by atoms with Crippen molar-refractivity contribution in [3.05, 3.63) is 18.6 Å². The van der Waals surface area contributed by atoms with Gasteiger partial charge in [0.05, 0.1) is 0 Å². The molecule has 0 amide bonds. The van der Waals surface area contributed by atoms with Crippen molar-refractivity contribution in [2.75, 3.05) is 5.73 Å². The number of hydrogen-bond acceptors (Lipinski definition) is 8. The van der Waals surface area contributed by atoms with Gasteiger partial charge >= 0.3 is 155 Å². The van der Waals surface area contributed by atoms with E-state index in [1.165, 1.54) is 6.33 Å². The van der Waals surface area contributed by atoms with Crippen molar-refractivity contribution >= 4 is 37.8 Å². The molecule has 0 spiro atoms. The van der Waals surface area contributed by atoms with Crippen molar-refractivity contribution < 1.29 is 24.9 Å². The Balaban J connectivity index is 1.64. The molecule has 2 aromatic heterocycles. The summed E-state index contributed by atoms with van der Waals surface area (Å²) in [5, 5.41) is 30.7. The Labute approximate surface area is 155 Å². The molecule has 3 heterocycles. The van der Waals surface area contributed by atoms with Gasteiger partial charge in [-0.25, -0.2) is 0 Å². The number of rotatable bonds is 7. The van der Waals surface area contributed by atoms with Crippen LogP contribution in [0.5, 0.6) is 0 Å². The molecule has 0 aliphatic carbocycles. The molecule has 5 atom stereocenters. The summed E-state index contributed by atoms with van der Waals surface area (Å²) in [7, 11) is 0. The Hall–Kier alpha value is -1.75. The van der Waals surface area contributed by atoms with Gasteiger partial charge < -0.3 is 0 Å². The molecule has 26 heavy (non-hydrogen) atoms. The molecule has 1 fully saturated rings. The van der Waals surface area contributed by atoms with Crippen LogP contribution >= 0.6 is 0 Å². The second kappa shape index (κ2) is 7.87. The van der Waals surface area contributed by atoms with E-state index in [1.807, 2.05) is 0 Å². The maximum atomic E-state index is 10.7. The van der Waals surface area contributed by atoms with Crippen LogP contribution in [0.15, 0.2) is 18.6 Å². The first kappa shape index (κ1) is 19.0. The molecule has 1 saturated heterocycles. The van der Waals surface area contributed by atoms with Gasteiger partial charge in [0.25, 0.3) is 0 Å². The number of aliphatic carboxylic acids is 1. The van der Waals surface area contributed by atoms with E-state index < -0.39 is 36.6 Å². The number of ether oxygens (including phenoxy) is 1. The van der Waals surface area contributed by atoms with Gasteiger partial charge in [-0.1, -0.05) is 0 Å². The van der Waals surface area contributed by atoms with Gasteiger partial charge in [0.1, 0.15) is 0 Å². The molecule has 0 saturated carbocycles. The summed E-state index contributed by atoms with van der Waals surface area (Å²) in [4.78, 5) is 18.9. The molecule has 0 bridgehead atoms. The molecule has 1 unspecified atom stereocenters. The van der Waals surface area contributed by atoms with Crippen molar-refractivity contribution in [3.63, 3.8) is 0 Å². The molecule has 0 aromatic carbocycles. The second-order valence-electron chi connectivity index (χ2n) is 6.07. The van der Waals surface area contributed by atoms with E-state index in [0.717, 1.165) is 0 Å². The van der Waals surface area contributed by atoms with Gasteiger partial charge in [-0.15, -0.1) is 0 Å². The number of hydrogen-bond donors (Lipinski definition) is 5. The van der Waals surface area contributed by atoms with Crippen LogP contribution in [0.3, 0.4) is 0 Å². The maximum absolute atomic E-state index is 10.7. The molecule has 142 valence electrons. The molecule has 0 radical (unpaired) electrons. The number of anilines is 1. The van der Waals surface area contributed by atoms with Crippen LogP contribution in [0.2, 0.25) is 10.6 Å². The van der Waals surface area contributed by atoms with E-state index in [9.17, 15) is 15.0 Å². The quantitative estimate of drug-likeness (QED) is 0.272. The molecule has 1 aliphatic rings. The molecule has 2 aromatic rings. The number of aliphatic hydroxyl groups excluding tert-OH is 2. The van der Waals surface area contributed by atoms with Gasteiger partial charge in [0.15, 0.2) is 0 Å². The molecular weight excluding hydrogens is 409 g/mol. The van der Waals surface area contributed by atoms with Crippen LogP contribution in [0.4, 0.5) is 5.82 Å².